The van der Waals surface area contributed by atoms with Crippen molar-refractivity contribution in [1.29, 1.82) is 0 Å². The maximum atomic E-state index is 13.0. The number of halogens is 1. The van der Waals surface area contributed by atoms with Gasteiger partial charge in [-0.1, -0.05) is 18.2 Å². The van der Waals surface area contributed by atoms with Gasteiger partial charge in [-0.15, -0.1) is 0 Å². The lowest BCUT2D eigenvalue weighted by Gasteiger charge is -2.35. The van der Waals surface area contributed by atoms with Gasteiger partial charge in [-0.3, -0.25) is 9.69 Å². The monoisotopic (exact) mass is 433 g/mol. The molecule has 0 N–H and O–H groups in total. The van der Waals surface area contributed by atoms with Gasteiger partial charge in [-0.2, -0.15) is 4.31 Å². The molecule has 1 fully saturated rings. The van der Waals surface area contributed by atoms with Crippen molar-refractivity contribution < 1.29 is 17.6 Å². The smallest absolute Gasteiger partial charge is 0.243 e. The Balaban J connectivity index is 1.54. The molecule has 0 bridgehead atoms. The molecule has 1 heterocycles. The Bertz CT molecular complexity index is 1000. The molecule has 1 amide bonds. The Hall–Kier alpha value is -2.29. The van der Waals surface area contributed by atoms with E-state index in [0.717, 1.165) is 16.7 Å². The van der Waals surface area contributed by atoms with Crippen LogP contribution in [0.25, 0.3) is 0 Å². The molecule has 0 aliphatic carbocycles. The van der Waals surface area contributed by atoms with Crippen molar-refractivity contribution in [2.45, 2.75) is 25.3 Å². The van der Waals surface area contributed by atoms with Crippen LogP contribution < -0.4 is 0 Å². The number of carbonyl (C=O) groups excluding carboxylic acids is 1. The molecule has 30 heavy (non-hydrogen) atoms. The summed E-state index contributed by atoms with van der Waals surface area (Å²) in [6.45, 7) is 5.90. The molecule has 1 aliphatic heterocycles. The summed E-state index contributed by atoms with van der Waals surface area (Å²) in [5.74, 6) is -0.325. The molecule has 2 aromatic carbocycles. The van der Waals surface area contributed by atoms with Gasteiger partial charge in [0, 0.05) is 32.7 Å². The van der Waals surface area contributed by atoms with Crippen LogP contribution in [-0.4, -0.2) is 68.2 Å². The fourth-order valence-corrected chi connectivity index (χ4v) is 5.00. The van der Waals surface area contributed by atoms with Crippen LogP contribution in [0.3, 0.4) is 0 Å². The second-order valence-corrected chi connectivity index (χ2v) is 9.77. The topological polar surface area (TPSA) is 60.9 Å². The maximum Gasteiger partial charge on any atom is 0.243 e. The zero-order chi connectivity index (χ0) is 21.9. The van der Waals surface area contributed by atoms with E-state index in [0.29, 0.717) is 24.5 Å². The van der Waals surface area contributed by atoms with Gasteiger partial charge in [0.2, 0.25) is 15.9 Å². The van der Waals surface area contributed by atoms with Gasteiger partial charge < -0.3 is 4.90 Å². The highest BCUT2D eigenvalue weighted by molar-refractivity contribution is 7.89. The summed E-state index contributed by atoms with van der Waals surface area (Å²) >= 11 is 0. The number of sulfonamides is 1. The van der Waals surface area contributed by atoms with E-state index >= 15 is 0 Å². The van der Waals surface area contributed by atoms with Crippen LogP contribution in [0.1, 0.15) is 16.7 Å². The molecule has 2 aromatic rings. The number of benzene rings is 2. The fourth-order valence-electron chi connectivity index (χ4n) is 3.49. The number of amides is 1. The molecular formula is C22H28FN3O3S. The SMILES string of the molecule is Cc1ccc(S(=O)(=O)N2CCN(C(=O)CN(C)Cc3ccc(F)cc3)CC2)cc1C. The van der Waals surface area contributed by atoms with E-state index < -0.39 is 10.0 Å². The van der Waals surface area contributed by atoms with Crippen molar-refractivity contribution in [2.75, 3.05) is 39.8 Å². The molecule has 0 aromatic heterocycles. The second kappa shape index (κ2) is 9.24. The van der Waals surface area contributed by atoms with E-state index in [2.05, 4.69) is 0 Å². The first-order chi connectivity index (χ1) is 14.2. The summed E-state index contributed by atoms with van der Waals surface area (Å²) in [6, 6.07) is 11.4. The molecule has 3 rings (SSSR count). The van der Waals surface area contributed by atoms with Gasteiger partial charge >= 0.3 is 0 Å². The summed E-state index contributed by atoms with van der Waals surface area (Å²) in [7, 11) is -1.73. The van der Waals surface area contributed by atoms with Crippen molar-refractivity contribution in [3.05, 3.63) is 65.0 Å². The molecular weight excluding hydrogens is 405 g/mol. The quantitative estimate of drug-likeness (QED) is 0.702. The van der Waals surface area contributed by atoms with Crippen LogP contribution in [0.15, 0.2) is 47.4 Å². The van der Waals surface area contributed by atoms with Crippen molar-refractivity contribution in [3.63, 3.8) is 0 Å². The third-order valence-corrected chi connectivity index (χ3v) is 7.37. The third-order valence-electron chi connectivity index (χ3n) is 5.48. The fraction of sp³-hybridized carbons (Fsp3) is 0.409. The van der Waals surface area contributed by atoms with Crippen molar-refractivity contribution in [2.24, 2.45) is 0 Å². The molecule has 6 nitrogen and oxygen atoms in total. The predicted molar refractivity (Wildman–Crippen MR) is 114 cm³/mol. The van der Waals surface area contributed by atoms with E-state index in [-0.39, 0.29) is 31.4 Å². The average Bonchev–Trinajstić information content (AvgIpc) is 2.71. The summed E-state index contributed by atoms with van der Waals surface area (Å²) in [5, 5.41) is 0. The number of rotatable bonds is 6. The molecule has 1 saturated heterocycles. The molecule has 1 aliphatic rings. The minimum Gasteiger partial charge on any atom is -0.339 e. The predicted octanol–water partition coefficient (Wildman–Crippen LogP) is 2.41. The van der Waals surface area contributed by atoms with Gasteiger partial charge in [0.15, 0.2) is 0 Å². The molecule has 0 radical (unpaired) electrons. The van der Waals surface area contributed by atoms with Gasteiger partial charge in [0.05, 0.1) is 11.4 Å². The third kappa shape index (κ3) is 5.24. The van der Waals surface area contributed by atoms with Gasteiger partial charge in [-0.25, -0.2) is 12.8 Å². The van der Waals surface area contributed by atoms with Crippen LogP contribution in [0.5, 0.6) is 0 Å². The number of hydrogen-bond donors (Lipinski definition) is 0. The number of nitrogens with zero attached hydrogens (tertiary/aromatic N) is 3. The lowest BCUT2D eigenvalue weighted by Crippen LogP contribution is -2.52. The van der Waals surface area contributed by atoms with E-state index in [1.165, 1.54) is 16.4 Å². The Morgan fingerprint density at radius 1 is 1.00 bits per heavy atom. The normalized spacial score (nSPS) is 15.6. The standard InChI is InChI=1S/C22H28FN3O3S/c1-17-4-9-21(14-18(17)2)30(28,29)26-12-10-25(11-13-26)22(27)16-24(3)15-19-5-7-20(23)8-6-19/h4-9,14H,10-13,15-16H2,1-3H3. The largest absolute Gasteiger partial charge is 0.339 e. The summed E-state index contributed by atoms with van der Waals surface area (Å²) < 4.78 is 40.3. The molecule has 162 valence electrons. The molecule has 0 saturated carbocycles. The highest BCUT2D eigenvalue weighted by atomic mass is 32.2. The molecule has 0 unspecified atom stereocenters. The number of carbonyl (C=O) groups is 1. The summed E-state index contributed by atoms with van der Waals surface area (Å²) in [4.78, 5) is 16.5. The molecule has 8 heteroatoms. The van der Waals surface area contributed by atoms with E-state index in [4.69, 9.17) is 0 Å². The summed E-state index contributed by atoms with van der Waals surface area (Å²) in [6.07, 6.45) is 0. The number of hydrogen-bond acceptors (Lipinski definition) is 4. The van der Waals surface area contributed by atoms with Crippen molar-refractivity contribution >= 4 is 15.9 Å². The highest BCUT2D eigenvalue weighted by Gasteiger charge is 2.30. The summed E-state index contributed by atoms with van der Waals surface area (Å²) in [5.41, 5.74) is 2.92. The van der Waals surface area contributed by atoms with Crippen molar-refractivity contribution in [1.82, 2.24) is 14.1 Å². The zero-order valence-electron chi connectivity index (χ0n) is 17.6. The Morgan fingerprint density at radius 2 is 1.63 bits per heavy atom. The van der Waals surface area contributed by atoms with Crippen LogP contribution in [0.2, 0.25) is 0 Å². The van der Waals surface area contributed by atoms with E-state index in [9.17, 15) is 17.6 Å². The lowest BCUT2D eigenvalue weighted by atomic mass is 10.1. The highest BCUT2D eigenvalue weighted by Crippen LogP contribution is 2.20. The van der Waals surface area contributed by atoms with Crippen LogP contribution in [0, 0.1) is 19.7 Å². The van der Waals surface area contributed by atoms with Crippen molar-refractivity contribution in [3.8, 4) is 0 Å². The van der Waals surface area contributed by atoms with Crippen LogP contribution in [0.4, 0.5) is 4.39 Å². The van der Waals surface area contributed by atoms with Gasteiger partial charge in [-0.05, 0) is 61.9 Å². The Morgan fingerprint density at radius 3 is 2.23 bits per heavy atom. The lowest BCUT2D eigenvalue weighted by molar-refractivity contribution is -0.133. The first kappa shape index (κ1) is 22.4. The van der Waals surface area contributed by atoms with Crippen LogP contribution in [-0.2, 0) is 21.4 Å². The Kier molecular flexibility index (Phi) is 6.90. The first-order valence-corrected chi connectivity index (χ1v) is 11.4. The minimum atomic E-state index is -3.56. The minimum absolute atomic E-state index is 0.0390. The number of piperazine rings is 1. The zero-order valence-corrected chi connectivity index (χ0v) is 18.5. The number of likely N-dealkylation sites (N-methyl/N-ethyl adjacent to an activating group) is 1. The first-order valence-electron chi connectivity index (χ1n) is 9.95. The number of aryl methyl sites for hydroxylation is 2. The van der Waals surface area contributed by atoms with Crippen LogP contribution >= 0.6 is 0 Å². The van der Waals surface area contributed by atoms with E-state index in [1.807, 2.05) is 31.9 Å². The Labute approximate surface area is 177 Å². The van der Waals surface area contributed by atoms with E-state index in [1.54, 1.807) is 29.2 Å². The molecule has 0 atom stereocenters. The average molecular weight is 434 g/mol. The van der Waals surface area contributed by atoms with Gasteiger partial charge in [0.1, 0.15) is 5.82 Å². The maximum absolute atomic E-state index is 13.0. The second-order valence-electron chi connectivity index (χ2n) is 7.83. The van der Waals surface area contributed by atoms with Gasteiger partial charge in [0.25, 0.3) is 0 Å². The molecule has 0 spiro atoms.